The molecule has 3 atom stereocenters. The standard InChI is InChI=1S/C26H25N3O4/c1-33-21-6-2-4-19(12-21)17-7-9-18(10-8-17)25-22-14-28(15-24(31)29(22)23(25)16-30)26(32)20-5-3-11-27-13-20/h2-13,22-23,25,30H,14-16H2,1H3/t22-,23-,25+/m0/s1. The summed E-state index contributed by atoms with van der Waals surface area (Å²) in [6.45, 7) is 0.335. The molecular formula is C26H25N3O4. The van der Waals surface area contributed by atoms with Crippen LogP contribution in [0.5, 0.6) is 5.75 Å². The molecule has 0 unspecified atom stereocenters. The van der Waals surface area contributed by atoms with Gasteiger partial charge in [-0.2, -0.15) is 0 Å². The minimum Gasteiger partial charge on any atom is -0.497 e. The molecule has 0 aliphatic carbocycles. The zero-order valence-corrected chi connectivity index (χ0v) is 18.3. The number of carbonyl (C=O) groups excluding carboxylic acids is 2. The molecule has 0 radical (unpaired) electrons. The lowest BCUT2D eigenvalue weighted by atomic mass is 9.73. The van der Waals surface area contributed by atoms with Gasteiger partial charge in [-0.05, 0) is 41.0 Å². The fourth-order valence-electron chi connectivity index (χ4n) is 5.03. The number of pyridine rings is 1. The van der Waals surface area contributed by atoms with E-state index in [1.807, 2.05) is 48.5 Å². The van der Waals surface area contributed by atoms with E-state index in [0.717, 1.165) is 22.4 Å². The number of carbonyl (C=O) groups is 2. The van der Waals surface area contributed by atoms with Crippen molar-refractivity contribution in [2.75, 3.05) is 26.8 Å². The first-order chi connectivity index (χ1) is 16.1. The number of ether oxygens (including phenoxy) is 1. The molecule has 2 aromatic carbocycles. The highest BCUT2D eigenvalue weighted by atomic mass is 16.5. The average molecular weight is 444 g/mol. The van der Waals surface area contributed by atoms with Gasteiger partial charge in [0.15, 0.2) is 0 Å². The predicted octanol–water partition coefficient (Wildman–Crippen LogP) is 2.57. The van der Waals surface area contributed by atoms with Gasteiger partial charge in [0, 0.05) is 24.9 Å². The molecule has 1 N–H and O–H groups in total. The number of hydrogen-bond acceptors (Lipinski definition) is 5. The Kier molecular flexibility index (Phi) is 5.56. The summed E-state index contributed by atoms with van der Waals surface area (Å²) in [6, 6.07) is 19.0. The third-order valence-corrected chi connectivity index (χ3v) is 6.65. The summed E-state index contributed by atoms with van der Waals surface area (Å²) in [4.78, 5) is 33.1. The van der Waals surface area contributed by atoms with Crippen molar-refractivity contribution < 1.29 is 19.4 Å². The fourth-order valence-corrected chi connectivity index (χ4v) is 5.03. The molecule has 1 aromatic heterocycles. The number of piperazine rings is 1. The van der Waals surface area contributed by atoms with Crippen LogP contribution in [0.2, 0.25) is 0 Å². The first-order valence-corrected chi connectivity index (χ1v) is 11.0. The molecule has 2 saturated heterocycles. The zero-order valence-electron chi connectivity index (χ0n) is 18.3. The molecule has 2 aliphatic heterocycles. The Labute approximate surface area is 192 Å². The fraction of sp³-hybridized carbons (Fsp3) is 0.269. The minimum absolute atomic E-state index is 0.0161. The third-order valence-electron chi connectivity index (χ3n) is 6.65. The number of aromatic nitrogens is 1. The molecule has 3 aromatic rings. The number of aliphatic hydroxyl groups excluding tert-OH is 1. The molecule has 5 rings (SSSR count). The number of aliphatic hydroxyl groups is 1. The highest BCUT2D eigenvalue weighted by Crippen LogP contribution is 2.43. The van der Waals surface area contributed by atoms with E-state index in [-0.39, 0.29) is 43.0 Å². The maximum absolute atomic E-state index is 12.9. The molecule has 168 valence electrons. The Morgan fingerprint density at radius 3 is 2.64 bits per heavy atom. The SMILES string of the molecule is COc1cccc(-c2ccc([C@H]3[C@H](CO)N4C(=O)CN(C(=O)c5cccnc5)C[C@@H]34)cc2)c1. The van der Waals surface area contributed by atoms with E-state index >= 15 is 0 Å². The predicted molar refractivity (Wildman–Crippen MR) is 123 cm³/mol. The number of fused-ring (bicyclic) bond motifs is 1. The number of rotatable bonds is 5. The lowest BCUT2D eigenvalue weighted by Crippen LogP contribution is -2.73. The van der Waals surface area contributed by atoms with Crippen molar-refractivity contribution in [2.45, 2.75) is 18.0 Å². The second kappa shape index (κ2) is 8.67. The van der Waals surface area contributed by atoms with Crippen molar-refractivity contribution in [1.29, 1.82) is 0 Å². The van der Waals surface area contributed by atoms with Crippen molar-refractivity contribution in [3.8, 4) is 16.9 Å². The normalized spacial score (nSPS) is 21.9. The molecule has 0 saturated carbocycles. The molecule has 3 heterocycles. The van der Waals surface area contributed by atoms with Gasteiger partial charge in [-0.1, -0.05) is 36.4 Å². The summed E-state index contributed by atoms with van der Waals surface area (Å²) >= 11 is 0. The molecular weight excluding hydrogens is 418 g/mol. The van der Waals surface area contributed by atoms with Gasteiger partial charge >= 0.3 is 0 Å². The van der Waals surface area contributed by atoms with Gasteiger partial charge in [0.1, 0.15) is 12.3 Å². The summed E-state index contributed by atoms with van der Waals surface area (Å²) < 4.78 is 5.32. The van der Waals surface area contributed by atoms with Crippen molar-refractivity contribution in [3.05, 3.63) is 84.2 Å². The van der Waals surface area contributed by atoms with Crippen molar-refractivity contribution >= 4 is 11.8 Å². The van der Waals surface area contributed by atoms with Crippen LogP contribution < -0.4 is 4.74 Å². The second-order valence-electron chi connectivity index (χ2n) is 8.43. The van der Waals surface area contributed by atoms with Gasteiger partial charge in [0.2, 0.25) is 5.91 Å². The summed E-state index contributed by atoms with van der Waals surface area (Å²) in [7, 11) is 1.65. The van der Waals surface area contributed by atoms with E-state index in [1.165, 1.54) is 6.20 Å². The maximum atomic E-state index is 12.9. The Balaban J connectivity index is 1.38. The molecule has 2 aliphatic rings. The lowest BCUT2D eigenvalue weighted by Gasteiger charge is -2.58. The number of hydrogen-bond donors (Lipinski definition) is 1. The summed E-state index contributed by atoms with van der Waals surface area (Å²) in [5.41, 5.74) is 3.62. The summed E-state index contributed by atoms with van der Waals surface area (Å²) in [5.74, 6) is 0.427. The van der Waals surface area contributed by atoms with E-state index in [9.17, 15) is 14.7 Å². The van der Waals surface area contributed by atoms with E-state index in [2.05, 4.69) is 4.98 Å². The molecule has 0 bridgehead atoms. The first kappa shape index (κ1) is 21.2. The largest absolute Gasteiger partial charge is 0.497 e. The molecule has 2 fully saturated rings. The van der Waals surface area contributed by atoms with E-state index in [1.54, 1.807) is 35.2 Å². The molecule has 7 heteroatoms. The van der Waals surface area contributed by atoms with Gasteiger partial charge < -0.3 is 19.6 Å². The Bertz CT molecular complexity index is 1170. The van der Waals surface area contributed by atoms with Crippen LogP contribution in [-0.4, -0.2) is 70.6 Å². The average Bonchev–Trinajstić information content (AvgIpc) is 2.85. The van der Waals surface area contributed by atoms with Crippen LogP contribution >= 0.6 is 0 Å². The minimum atomic E-state index is -0.277. The summed E-state index contributed by atoms with van der Waals surface area (Å²) in [6.07, 6.45) is 3.13. The summed E-state index contributed by atoms with van der Waals surface area (Å²) in [5, 5.41) is 10.0. The molecule has 7 nitrogen and oxygen atoms in total. The van der Waals surface area contributed by atoms with Gasteiger partial charge in [-0.3, -0.25) is 14.6 Å². The van der Waals surface area contributed by atoms with Crippen LogP contribution in [0.3, 0.4) is 0 Å². The quantitative estimate of drug-likeness (QED) is 0.655. The number of nitrogens with zero attached hydrogens (tertiary/aromatic N) is 3. The van der Waals surface area contributed by atoms with Crippen molar-refractivity contribution in [1.82, 2.24) is 14.8 Å². The highest BCUT2D eigenvalue weighted by Gasteiger charge is 2.54. The zero-order chi connectivity index (χ0) is 22.9. The number of amides is 2. The van der Waals surface area contributed by atoms with Crippen LogP contribution in [0.1, 0.15) is 21.8 Å². The van der Waals surface area contributed by atoms with Gasteiger partial charge in [0.05, 0.1) is 31.4 Å². The first-order valence-electron chi connectivity index (χ1n) is 11.0. The maximum Gasteiger partial charge on any atom is 0.255 e. The van der Waals surface area contributed by atoms with Crippen molar-refractivity contribution in [2.24, 2.45) is 0 Å². The Morgan fingerprint density at radius 2 is 1.94 bits per heavy atom. The van der Waals surface area contributed by atoms with E-state index in [0.29, 0.717) is 12.1 Å². The Hall–Kier alpha value is -3.71. The topological polar surface area (TPSA) is 83.0 Å². The van der Waals surface area contributed by atoms with Gasteiger partial charge in [-0.15, -0.1) is 0 Å². The Morgan fingerprint density at radius 1 is 1.12 bits per heavy atom. The van der Waals surface area contributed by atoms with Gasteiger partial charge in [0.25, 0.3) is 5.91 Å². The van der Waals surface area contributed by atoms with E-state index < -0.39 is 0 Å². The van der Waals surface area contributed by atoms with Gasteiger partial charge in [-0.25, -0.2) is 0 Å². The smallest absolute Gasteiger partial charge is 0.255 e. The monoisotopic (exact) mass is 443 g/mol. The highest BCUT2D eigenvalue weighted by molar-refractivity contribution is 5.97. The molecule has 33 heavy (non-hydrogen) atoms. The van der Waals surface area contributed by atoms with E-state index in [4.69, 9.17) is 4.74 Å². The molecule has 2 amide bonds. The number of benzene rings is 2. The van der Waals surface area contributed by atoms with Crippen molar-refractivity contribution in [3.63, 3.8) is 0 Å². The van der Waals surface area contributed by atoms with Crippen LogP contribution in [0.15, 0.2) is 73.1 Å². The van der Waals surface area contributed by atoms with Crippen LogP contribution in [0.4, 0.5) is 0 Å². The second-order valence-corrected chi connectivity index (χ2v) is 8.43. The van der Waals surface area contributed by atoms with Crippen LogP contribution in [-0.2, 0) is 4.79 Å². The van der Waals surface area contributed by atoms with Crippen LogP contribution in [0.25, 0.3) is 11.1 Å². The lowest BCUT2D eigenvalue weighted by molar-refractivity contribution is -0.159. The number of methoxy groups -OCH3 is 1. The third kappa shape index (κ3) is 3.74. The molecule has 0 spiro atoms. The van der Waals surface area contributed by atoms with Crippen LogP contribution in [0, 0.1) is 0 Å².